The van der Waals surface area contributed by atoms with E-state index in [1.54, 1.807) is 12.1 Å². The van der Waals surface area contributed by atoms with Crippen LogP contribution in [0.1, 0.15) is 20.8 Å². The lowest BCUT2D eigenvalue weighted by atomic mass is 10.1. The summed E-state index contributed by atoms with van der Waals surface area (Å²) in [5.74, 6) is 0.301. The minimum Gasteiger partial charge on any atom is -0.495 e. The van der Waals surface area contributed by atoms with Gasteiger partial charge in [0.25, 0.3) is 0 Å². The lowest BCUT2D eigenvalue weighted by Gasteiger charge is -2.25. The van der Waals surface area contributed by atoms with E-state index in [1.165, 1.54) is 13.2 Å². The molecule has 1 N–H and O–H groups in total. The molecular formula is C13H20BrNO4S. The predicted molar refractivity (Wildman–Crippen MR) is 81.6 cm³/mol. The van der Waals surface area contributed by atoms with E-state index in [0.29, 0.717) is 16.8 Å². The average molecular weight is 366 g/mol. The second-order valence-corrected chi connectivity index (χ2v) is 7.46. The van der Waals surface area contributed by atoms with Crippen LogP contribution in [0.3, 0.4) is 0 Å². The Morgan fingerprint density at radius 3 is 2.55 bits per heavy atom. The number of hydrogen-bond donors (Lipinski definition) is 1. The quantitative estimate of drug-likeness (QED) is 0.806. The molecule has 20 heavy (non-hydrogen) atoms. The van der Waals surface area contributed by atoms with Crippen LogP contribution >= 0.6 is 15.9 Å². The Kier molecular flexibility index (Phi) is 6.00. The second-order valence-electron chi connectivity index (χ2n) is 4.81. The zero-order valence-electron chi connectivity index (χ0n) is 12.1. The van der Waals surface area contributed by atoms with E-state index in [1.807, 2.05) is 20.8 Å². The molecule has 1 aromatic carbocycles. The molecule has 0 heterocycles. The summed E-state index contributed by atoms with van der Waals surface area (Å²) in [6.07, 6.45) is 0. The Hall–Kier alpha value is -0.630. The summed E-state index contributed by atoms with van der Waals surface area (Å²) in [6.45, 7) is 6.23. The first-order chi connectivity index (χ1) is 9.22. The molecule has 0 unspecified atom stereocenters. The van der Waals surface area contributed by atoms with E-state index in [4.69, 9.17) is 9.47 Å². The molecule has 0 bridgehead atoms. The van der Waals surface area contributed by atoms with E-state index in [2.05, 4.69) is 20.7 Å². The molecule has 0 aliphatic carbocycles. The molecule has 0 spiro atoms. The molecule has 0 aliphatic rings. The van der Waals surface area contributed by atoms with Crippen molar-refractivity contribution in [1.82, 2.24) is 4.72 Å². The lowest BCUT2D eigenvalue weighted by Crippen LogP contribution is -2.40. The first-order valence-corrected chi connectivity index (χ1v) is 8.46. The Balaban J connectivity index is 2.97. The van der Waals surface area contributed by atoms with Gasteiger partial charge in [0.2, 0.25) is 10.0 Å². The van der Waals surface area contributed by atoms with Crippen LogP contribution in [-0.2, 0) is 14.8 Å². The summed E-state index contributed by atoms with van der Waals surface area (Å²) in [5.41, 5.74) is -0.568. The van der Waals surface area contributed by atoms with Gasteiger partial charge in [-0.3, -0.25) is 0 Å². The van der Waals surface area contributed by atoms with Crippen LogP contribution in [0.15, 0.2) is 27.6 Å². The van der Waals surface area contributed by atoms with Crippen LogP contribution in [0, 0.1) is 0 Å². The Morgan fingerprint density at radius 1 is 1.35 bits per heavy atom. The van der Waals surface area contributed by atoms with Gasteiger partial charge in [-0.25, -0.2) is 13.1 Å². The SMILES string of the molecule is CCOC(C)(C)CNS(=O)(=O)c1cc(Br)ccc1OC. The maximum atomic E-state index is 12.3. The monoisotopic (exact) mass is 365 g/mol. The van der Waals surface area contributed by atoms with Gasteiger partial charge in [-0.05, 0) is 39.0 Å². The van der Waals surface area contributed by atoms with Gasteiger partial charge in [0.1, 0.15) is 10.6 Å². The van der Waals surface area contributed by atoms with Crippen molar-refractivity contribution < 1.29 is 17.9 Å². The highest BCUT2D eigenvalue weighted by atomic mass is 79.9. The van der Waals surface area contributed by atoms with E-state index in [9.17, 15) is 8.42 Å². The number of benzene rings is 1. The van der Waals surface area contributed by atoms with Gasteiger partial charge in [0.05, 0.1) is 12.7 Å². The average Bonchev–Trinajstić information content (AvgIpc) is 2.37. The number of methoxy groups -OCH3 is 1. The molecule has 5 nitrogen and oxygen atoms in total. The molecule has 0 saturated heterocycles. The van der Waals surface area contributed by atoms with Crippen molar-refractivity contribution >= 4 is 26.0 Å². The molecule has 0 fully saturated rings. The van der Waals surface area contributed by atoms with Gasteiger partial charge in [0.15, 0.2) is 0 Å². The maximum Gasteiger partial charge on any atom is 0.244 e. The first kappa shape index (κ1) is 17.4. The Bertz CT molecular complexity index is 557. The summed E-state index contributed by atoms with van der Waals surface area (Å²) >= 11 is 3.26. The van der Waals surface area contributed by atoms with E-state index < -0.39 is 15.6 Å². The summed E-state index contributed by atoms with van der Waals surface area (Å²) in [7, 11) is -2.23. The lowest BCUT2D eigenvalue weighted by molar-refractivity contribution is -0.00515. The fraction of sp³-hybridized carbons (Fsp3) is 0.538. The van der Waals surface area contributed by atoms with Crippen LogP contribution in [-0.4, -0.2) is 34.3 Å². The van der Waals surface area contributed by atoms with Gasteiger partial charge in [0, 0.05) is 17.6 Å². The third kappa shape index (κ3) is 4.73. The topological polar surface area (TPSA) is 64.6 Å². The molecule has 0 saturated carbocycles. The van der Waals surface area contributed by atoms with Crippen molar-refractivity contribution in [3.05, 3.63) is 22.7 Å². The van der Waals surface area contributed by atoms with Crippen LogP contribution in [0.4, 0.5) is 0 Å². The number of hydrogen-bond acceptors (Lipinski definition) is 4. The minimum absolute atomic E-state index is 0.0988. The fourth-order valence-corrected chi connectivity index (χ4v) is 3.55. The minimum atomic E-state index is -3.66. The summed E-state index contributed by atoms with van der Waals surface area (Å²) in [6, 6.07) is 4.84. The second kappa shape index (κ2) is 6.89. The van der Waals surface area contributed by atoms with Crippen LogP contribution in [0.5, 0.6) is 5.75 Å². The molecule has 1 rings (SSSR count). The normalized spacial score (nSPS) is 12.4. The molecule has 0 atom stereocenters. The molecule has 114 valence electrons. The standard InChI is InChI=1S/C13H20BrNO4S/c1-5-19-13(2,3)9-15-20(16,17)12-8-10(14)6-7-11(12)18-4/h6-8,15H,5,9H2,1-4H3. The van der Waals surface area contributed by atoms with Crippen LogP contribution < -0.4 is 9.46 Å². The molecule has 1 aromatic rings. The smallest absolute Gasteiger partial charge is 0.244 e. The number of rotatable bonds is 7. The molecule has 7 heteroatoms. The highest BCUT2D eigenvalue weighted by Crippen LogP contribution is 2.27. The number of nitrogens with one attached hydrogen (secondary N) is 1. The van der Waals surface area contributed by atoms with Gasteiger partial charge >= 0.3 is 0 Å². The number of halogens is 1. The molecule has 0 aliphatic heterocycles. The summed E-state index contributed by atoms with van der Waals surface area (Å²) in [5, 5.41) is 0. The fourth-order valence-electron chi connectivity index (χ4n) is 1.65. The van der Waals surface area contributed by atoms with Crippen LogP contribution in [0.2, 0.25) is 0 Å². The molecular weight excluding hydrogens is 346 g/mol. The zero-order valence-corrected chi connectivity index (χ0v) is 14.5. The van der Waals surface area contributed by atoms with Crippen molar-refractivity contribution in [2.24, 2.45) is 0 Å². The van der Waals surface area contributed by atoms with E-state index in [-0.39, 0.29) is 11.4 Å². The zero-order chi connectivity index (χ0) is 15.4. The molecule has 0 amide bonds. The highest BCUT2D eigenvalue weighted by Gasteiger charge is 2.25. The number of sulfonamides is 1. The van der Waals surface area contributed by atoms with Gasteiger partial charge in [-0.15, -0.1) is 0 Å². The van der Waals surface area contributed by atoms with Gasteiger partial charge in [-0.1, -0.05) is 15.9 Å². The third-order valence-electron chi connectivity index (χ3n) is 2.64. The van der Waals surface area contributed by atoms with Gasteiger partial charge < -0.3 is 9.47 Å². The maximum absolute atomic E-state index is 12.3. The van der Waals surface area contributed by atoms with Crippen molar-refractivity contribution in [2.45, 2.75) is 31.3 Å². The number of ether oxygens (including phenoxy) is 2. The van der Waals surface area contributed by atoms with Crippen molar-refractivity contribution in [3.63, 3.8) is 0 Å². The van der Waals surface area contributed by atoms with Gasteiger partial charge in [-0.2, -0.15) is 0 Å². The largest absolute Gasteiger partial charge is 0.495 e. The third-order valence-corrected chi connectivity index (χ3v) is 4.55. The molecule has 0 radical (unpaired) electrons. The Morgan fingerprint density at radius 2 is 2.00 bits per heavy atom. The van der Waals surface area contributed by atoms with E-state index >= 15 is 0 Å². The highest BCUT2D eigenvalue weighted by molar-refractivity contribution is 9.10. The van der Waals surface area contributed by atoms with Crippen LogP contribution in [0.25, 0.3) is 0 Å². The predicted octanol–water partition coefficient (Wildman–Crippen LogP) is 2.55. The Labute approximate surface area is 128 Å². The molecule has 0 aromatic heterocycles. The summed E-state index contributed by atoms with van der Waals surface area (Å²) in [4.78, 5) is 0.0988. The summed E-state index contributed by atoms with van der Waals surface area (Å²) < 4.78 is 38.5. The van der Waals surface area contributed by atoms with Crippen molar-refractivity contribution in [1.29, 1.82) is 0 Å². The van der Waals surface area contributed by atoms with Crippen molar-refractivity contribution in [2.75, 3.05) is 20.3 Å². The van der Waals surface area contributed by atoms with Crippen molar-refractivity contribution in [3.8, 4) is 5.75 Å². The first-order valence-electron chi connectivity index (χ1n) is 6.19. The van der Waals surface area contributed by atoms with E-state index in [0.717, 1.165) is 0 Å².